The Morgan fingerprint density at radius 2 is 2.21 bits per heavy atom. The van der Waals surface area contributed by atoms with E-state index >= 15 is 0 Å². The lowest BCUT2D eigenvalue weighted by atomic mass is 9.97. The molecule has 0 aliphatic carbocycles. The fourth-order valence-electron chi connectivity index (χ4n) is 2.57. The summed E-state index contributed by atoms with van der Waals surface area (Å²) in [6.07, 6.45) is 1.74. The summed E-state index contributed by atoms with van der Waals surface area (Å²) in [5, 5.41) is 1.40. The molecule has 0 fully saturated rings. The highest BCUT2D eigenvalue weighted by molar-refractivity contribution is 7.99. The molecule has 1 aromatic carbocycles. The Bertz CT molecular complexity index is 662. The van der Waals surface area contributed by atoms with Gasteiger partial charge in [0.1, 0.15) is 11.0 Å². The smallest absolute Gasteiger partial charge is 0.197 e. The first-order chi connectivity index (χ1) is 9.24. The summed E-state index contributed by atoms with van der Waals surface area (Å²) in [6, 6.07) is 7.42. The third kappa shape index (κ3) is 2.09. The number of hydrogen-bond acceptors (Lipinski definition) is 4. The van der Waals surface area contributed by atoms with Gasteiger partial charge in [0.25, 0.3) is 0 Å². The van der Waals surface area contributed by atoms with Gasteiger partial charge < -0.3 is 9.15 Å². The Morgan fingerprint density at radius 1 is 1.42 bits per heavy atom. The van der Waals surface area contributed by atoms with Gasteiger partial charge in [-0.3, -0.25) is 4.79 Å². The Balaban J connectivity index is 2.18. The van der Waals surface area contributed by atoms with Crippen LogP contribution < -0.4 is 5.43 Å². The molecule has 0 saturated carbocycles. The fourth-order valence-corrected chi connectivity index (χ4v) is 3.81. The van der Waals surface area contributed by atoms with Crippen LogP contribution in [0.4, 0.5) is 0 Å². The molecule has 0 amide bonds. The maximum absolute atomic E-state index is 12.5. The van der Waals surface area contributed by atoms with Gasteiger partial charge in [0, 0.05) is 7.11 Å². The second kappa shape index (κ2) is 5.02. The number of thioether (sulfide) groups is 1. The average molecular weight is 276 g/mol. The van der Waals surface area contributed by atoms with Gasteiger partial charge in [-0.15, -0.1) is 0 Å². The van der Waals surface area contributed by atoms with Crippen molar-refractivity contribution in [3.8, 4) is 0 Å². The largest absolute Gasteiger partial charge is 0.449 e. The first kappa shape index (κ1) is 12.8. The molecular formula is C15H16O3S. The summed E-state index contributed by atoms with van der Waals surface area (Å²) in [5.41, 5.74) is 1.64. The summed E-state index contributed by atoms with van der Waals surface area (Å²) in [6.45, 7) is 2.13. The second-order valence-corrected chi connectivity index (χ2v) is 5.86. The standard InChI is InChI=1S/C15H16O3S/c1-3-9-8-11-13(16)10-6-4-5-7-12(10)18-15(11)19-14(9)17-2/h4-7,9,14H,3,8H2,1-2H3. The normalized spacial score (nSPS) is 22.4. The predicted molar refractivity (Wildman–Crippen MR) is 76.6 cm³/mol. The first-order valence-corrected chi connectivity index (χ1v) is 7.36. The molecule has 0 N–H and O–H groups in total. The van der Waals surface area contributed by atoms with Crippen LogP contribution in [0.15, 0.2) is 38.6 Å². The summed E-state index contributed by atoms with van der Waals surface area (Å²) in [5.74, 6) is 0.367. The molecule has 4 heteroatoms. The van der Waals surface area contributed by atoms with Crippen molar-refractivity contribution in [3.63, 3.8) is 0 Å². The monoisotopic (exact) mass is 276 g/mol. The molecule has 0 saturated heterocycles. The molecule has 1 aliphatic heterocycles. The van der Waals surface area contributed by atoms with E-state index in [9.17, 15) is 4.79 Å². The predicted octanol–water partition coefficient (Wildman–Crippen LogP) is 3.44. The molecule has 19 heavy (non-hydrogen) atoms. The van der Waals surface area contributed by atoms with Crippen LogP contribution in [-0.4, -0.2) is 12.5 Å². The van der Waals surface area contributed by atoms with Crippen molar-refractivity contribution in [1.29, 1.82) is 0 Å². The molecule has 2 heterocycles. The second-order valence-electron chi connectivity index (χ2n) is 4.79. The van der Waals surface area contributed by atoms with Crippen molar-refractivity contribution < 1.29 is 9.15 Å². The van der Waals surface area contributed by atoms with Gasteiger partial charge in [-0.05, 0) is 30.9 Å². The van der Waals surface area contributed by atoms with Crippen LogP contribution in [0.5, 0.6) is 0 Å². The van der Waals surface area contributed by atoms with Crippen LogP contribution in [0, 0.1) is 5.92 Å². The van der Waals surface area contributed by atoms with E-state index in [-0.39, 0.29) is 10.9 Å². The molecule has 0 radical (unpaired) electrons. The molecule has 3 nitrogen and oxygen atoms in total. The highest BCUT2D eigenvalue weighted by Crippen LogP contribution is 2.40. The third-order valence-electron chi connectivity index (χ3n) is 3.69. The number of benzene rings is 1. The zero-order chi connectivity index (χ0) is 13.4. The molecular weight excluding hydrogens is 260 g/mol. The molecule has 0 bridgehead atoms. The third-order valence-corrected chi connectivity index (χ3v) is 5.04. The zero-order valence-corrected chi connectivity index (χ0v) is 11.8. The van der Waals surface area contributed by atoms with Gasteiger partial charge >= 0.3 is 0 Å². The van der Waals surface area contributed by atoms with Crippen LogP contribution in [0.25, 0.3) is 11.0 Å². The Labute approximate surface area is 115 Å². The van der Waals surface area contributed by atoms with Gasteiger partial charge in [0.15, 0.2) is 10.5 Å². The topological polar surface area (TPSA) is 39.4 Å². The van der Waals surface area contributed by atoms with E-state index in [4.69, 9.17) is 9.15 Å². The number of fused-ring (bicyclic) bond motifs is 2. The maximum Gasteiger partial charge on any atom is 0.197 e. The number of methoxy groups -OCH3 is 1. The molecule has 2 aromatic rings. The lowest BCUT2D eigenvalue weighted by Crippen LogP contribution is -2.28. The number of para-hydroxylation sites is 1. The summed E-state index contributed by atoms with van der Waals surface area (Å²) < 4.78 is 11.4. The van der Waals surface area contributed by atoms with Crippen LogP contribution in [0.1, 0.15) is 18.9 Å². The van der Waals surface area contributed by atoms with Crippen molar-refractivity contribution >= 4 is 22.7 Å². The lowest BCUT2D eigenvalue weighted by Gasteiger charge is -2.29. The van der Waals surface area contributed by atoms with Gasteiger partial charge in [-0.25, -0.2) is 0 Å². The molecule has 2 unspecified atom stereocenters. The molecule has 2 atom stereocenters. The van der Waals surface area contributed by atoms with Crippen LogP contribution in [-0.2, 0) is 11.2 Å². The first-order valence-electron chi connectivity index (χ1n) is 6.48. The number of rotatable bonds is 2. The minimum absolute atomic E-state index is 0.0711. The lowest BCUT2D eigenvalue weighted by molar-refractivity contribution is 0.115. The Morgan fingerprint density at radius 3 is 2.95 bits per heavy atom. The van der Waals surface area contributed by atoms with Gasteiger partial charge in [0.05, 0.1) is 10.9 Å². The maximum atomic E-state index is 12.5. The fraction of sp³-hybridized carbons (Fsp3) is 0.400. The minimum atomic E-state index is 0.0711. The molecule has 3 rings (SSSR count). The van der Waals surface area contributed by atoms with Crippen LogP contribution >= 0.6 is 11.8 Å². The van der Waals surface area contributed by atoms with E-state index in [2.05, 4.69) is 6.92 Å². The zero-order valence-electron chi connectivity index (χ0n) is 11.0. The average Bonchev–Trinajstić information content (AvgIpc) is 2.46. The van der Waals surface area contributed by atoms with Gasteiger partial charge in [-0.1, -0.05) is 30.8 Å². The van der Waals surface area contributed by atoms with Crippen molar-refractivity contribution in [2.45, 2.75) is 30.3 Å². The van der Waals surface area contributed by atoms with Crippen molar-refractivity contribution in [3.05, 3.63) is 40.1 Å². The Hall–Kier alpha value is -1.26. The van der Waals surface area contributed by atoms with E-state index in [0.29, 0.717) is 16.9 Å². The summed E-state index contributed by atoms with van der Waals surface area (Å²) >= 11 is 1.53. The molecule has 1 aromatic heterocycles. The number of hydrogen-bond donors (Lipinski definition) is 0. The molecule has 1 aliphatic rings. The van der Waals surface area contributed by atoms with E-state index in [1.54, 1.807) is 7.11 Å². The summed E-state index contributed by atoms with van der Waals surface area (Å²) in [7, 11) is 1.71. The quantitative estimate of drug-likeness (QED) is 0.842. The van der Waals surface area contributed by atoms with E-state index in [0.717, 1.165) is 23.5 Å². The minimum Gasteiger partial charge on any atom is -0.449 e. The SMILES string of the molecule is CCC1Cc2c(oc3ccccc3c2=O)SC1OC. The molecule has 100 valence electrons. The van der Waals surface area contributed by atoms with Crippen LogP contribution in [0.3, 0.4) is 0 Å². The number of ether oxygens (including phenoxy) is 1. The molecule has 0 spiro atoms. The summed E-state index contributed by atoms with van der Waals surface area (Å²) in [4.78, 5) is 12.5. The van der Waals surface area contributed by atoms with E-state index in [1.807, 2.05) is 24.3 Å². The van der Waals surface area contributed by atoms with Crippen LogP contribution in [0.2, 0.25) is 0 Å². The van der Waals surface area contributed by atoms with Crippen molar-refractivity contribution in [2.75, 3.05) is 7.11 Å². The van der Waals surface area contributed by atoms with Gasteiger partial charge in [-0.2, -0.15) is 0 Å². The van der Waals surface area contributed by atoms with E-state index in [1.165, 1.54) is 11.8 Å². The van der Waals surface area contributed by atoms with E-state index < -0.39 is 0 Å². The van der Waals surface area contributed by atoms with Gasteiger partial charge in [0.2, 0.25) is 0 Å². The van der Waals surface area contributed by atoms with Crippen molar-refractivity contribution in [2.24, 2.45) is 5.92 Å². The highest BCUT2D eigenvalue weighted by atomic mass is 32.2. The van der Waals surface area contributed by atoms with Crippen molar-refractivity contribution in [1.82, 2.24) is 0 Å². The Kier molecular flexibility index (Phi) is 3.37. The highest BCUT2D eigenvalue weighted by Gasteiger charge is 2.32.